The minimum Gasteiger partial charge on any atom is -0.312 e. The van der Waals surface area contributed by atoms with E-state index in [4.69, 9.17) is 0 Å². The van der Waals surface area contributed by atoms with Crippen LogP contribution >= 0.6 is 23.3 Å². The van der Waals surface area contributed by atoms with Gasteiger partial charge in [-0.2, -0.15) is 4.37 Å². The maximum atomic E-state index is 4.43. The Balaban J connectivity index is 2.11. The summed E-state index contributed by atoms with van der Waals surface area (Å²) < 4.78 is 5.37. The van der Waals surface area contributed by atoms with E-state index in [1.165, 1.54) is 18.0 Å². The van der Waals surface area contributed by atoms with E-state index in [0.29, 0.717) is 0 Å². The summed E-state index contributed by atoms with van der Waals surface area (Å²) in [5.74, 6) is 2.09. The average Bonchev–Trinajstić information content (AvgIpc) is 2.63. The highest BCUT2D eigenvalue weighted by Crippen LogP contribution is 2.20. The first-order valence-corrected chi connectivity index (χ1v) is 7.47. The Kier molecular flexibility index (Phi) is 5.72. The second-order valence-corrected chi connectivity index (χ2v) is 6.80. The lowest BCUT2D eigenvalue weighted by Crippen LogP contribution is -2.36. The summed E-state index contributed by atoms with van der Waals surface area (Å²) in [7, 11) is 0. The van der Waals surface area contributed by atoms with Gasteiger partial charge in [-0.25, -0.2) is 4.98 Å². The molecule has 0 unspecified atom stereocenters. The lowest BCUT2D eigenvalue weighted by atomic mass is 10.1. The maximum absolute atomic E-state index is 4.43. The first-order valence-electron chi connectivity index (χ1n) is 5.71. The quantitative estimate of drug-likeness (QED) is 0.629. The molecule has 1 rings (SSSR count). The van der Waals surface area contributed by atoms with Crippen LogP contribution in [0, 0.1) is 0 Å². The van der Waals surface area contributed by atoms with Crippen molar-refractivity contribution in [2.45, 2.75) is 50.4 Å². The summed E-state index contributed by atoms with van der Waals surface area (Å²) in [6.45, 7) is 9.73. The molecule has 0 spiro atoms. The molecule has 5 heteroatoms. The third-order valence-electron chi connectivity index (χ3n) is 1.97. The zero-order chi connectivity index (χ0) is 12.0. The molecule has 3 nitrogen and oxygen atoms in total. The molecule has 0 bridgehead atoms. The molecule has 0 aromatic carbocycles. The Morgan fingerprint density at radius 1 is 1.38 bits per heavy atom. The predicted molar refractivity (Wildman–Crippen MR) is 72.4 cm³/mol. The minimum atomic E-state index is 0.225. The first kappa shape index (κ1) is 13.9. The Bertz CT molecular complexity index is 304. The smallest absolute Gasteiger partial charge is 0.170 e. The number of thioether (sulfide) groups is 1. The molecule has 0 aliphatic carbocycles. The molecular weight excluding hydrogens is 238 g/mol. The topological polar surface area (TPSA) is 37.8 Å². The van der Waals surface area contributed by atoms with Crippen LogP contribution in [0.1, 0.15) is 39.9 Å². The van der Waals surface area contributed by atoms with Crippen molar-refractivity contribution < 1.29 is 0 Å². The molecule has 92 valence electrons. The largest absolute Gasteiger partial charge is 0.312 e. The van der Waals surface area contributed by atoms with Gasteiger partial charge in [0, 0.05) is 17.7 Å². The van der Waals surface area contributed by atoms with Crippen LogP contribution in [-0.2, 0) is 6.42 Å². The fourth-order valence-corrected chi connectivity index (χ4v) is 2.84. The van der Waals surface area contributed by atoms with Gasteiger partial charge >= 0.3 is 0 Å². The number of aryl methyl sites for hydroxylation is 1. The van der Waals surface area contributed by atoms with Crippen LogP contribution in [0.15, 0.2) is 4.34 Å². The van der Waals surface area contributed by atoms with Crippen molar-refractivity contribution in [1.29, 1.82) is 0 Å². The van der Waals surface area contributed by atoms with Crippen LogP contribution < -0.4 is 5.32 Å². The van der Waals surface area contributed by atoms with Crippen molar-refractivity contribution in [1.82, 2.24) is 14.7 Å². The molecule has 1 heterocycles. The van der Waals surface area contributed by atoms with Gasteiger partial charge in [0.25, 0.3) is 0 Å². The lowest BCUT2D eigenvalue weighted by molar-refractivity contribution is 0.427. The van der Waals surface area contributed by atoms with E-state index in [9.17, 15) is 0 Å². The van der Waals surface area contributed by atoms with E-state index in [-0.39, 0.29) is 5.54 Å². The number of nitrogens with one attached hydrogen (secondary N) is 1. The van der Waals surface area contributed by atoms with Crippen LogP contribution in [0.2, 0.25) is 0 Å². The van der Waals surface area contributed by atoms with Gasteiger partial charge in [-0.15, -0.1) is 0 Å². The van der Waals surface area contributed by atoms with E-state index in [2.05, 4.69) is 42.4 Å². The van der Waals surface area contributed by atoms with Gasteiger partial charge in [-0.1, -0.05) is 18.7 Å². The molecule has 0 atom stereocenters. The van der Waals surface area contributed by atoms with Gasteiger partial charge in [0.05, 0.1) is 0 Å². The van der Waals surface area contributed by atoms with E-state index in [1.54, 1.807) is 0 Å². The average molecular weight is 259 g/mol. The highest BCUT2D eigenvalue weighted by molar-refractivity contribution is 8.00. The molecule has 0 fully saturated rings. The van der Waals surface area contributed by atoms with Gasteiger partial charge in [-0.05, 0) is 45.3 Å². The van der Waals surface area contributed by atoms with Crippen molar-refractivity contribution >= 4 is 23.3 Å². The lowest BCUT2D eigenvalue weighted by Gasteiger charge is -2.20. The minimum absolute atomic E-state index is 0.225. The number of nitrogens with zero attached hydrogens (tertiary/aromatic N) is 2. The highest BCUT2D eigenvalue weighted by Gasteiger charge is 2.07. The third-order valence-corrected chi connectivity index (χ3v) is 3.93. The van der Waals surface area contributed by atoms with Crippen molar-refractivity contribution in [3.8, 4) is 0 Å². The SMILES string of the molecule is CCc1nsc(SCCCNC(C)(C)C)n1. The summed E-state index contributed by atoms with van der Waals surface area (Å²) in [4.78, 5) is 4.43. The van der Waals surface area contributed by atoms with Crippen molar-refractivity contribution in [2.24, 2.45) is 0 Å². The van der Waals surface area contributed by atoms with Crippen molar-refractivity contribution in [2.75, 3.05) is 12.3 Å². The molecule has 0 saturated carbocycles. The fourth-order valence-electron chi connectivity index (χ4n) is 1.14. The van der Waals surface area contributed by atoms with Gasteiger partial charge < -0.3 is 5.32 Å². The van der Waals surface area contributed by atoms with Crippen LogP contribution in [0.3, 0.4) is 0 Å². The Morgan fingerprint density at radius 2 is 2.12 bits per heavy atom. The normalized spacial score (nSPS) is 12.0. The molecule has 0 radical (unpaired) electrons. The fraction of sp³-hybridized carbons (Fsp3) is 0.818. The second kappa shape index (κ2) is 6.57. The van der Waals surface area contributed by atoms with Gasteiger partial charge in [0.1, 0.15) is 5.82 Å². The van der Waals surface area contributed by atoms with Gasteiger partial charge in [-0.3, -0.25) is 0 Å². The highest BCUT2D eigenvalue weighted by atomic mass is 32.2. The van der Waals surface area contributed by atoms with Crippen LogP contribution in [0.4, 0.5) is 0 Å². The van der Waals surface area contributed by atoms with Gasteiger partial charge in [0.2, 0.25) is 0 Å². The molecule has 0 aliphatic rings. The molecule has 0 amide bonds. The standard InChI is InChI=1S/C11H21N3S2/c1-5-9-13-10(16-14-9)15-8-6-7-12-11(2,3)4/h12H,5-8H2,1-4H3. The molecule has 1 aromatic rings. The Hall–Kier alpha value is -0.130. The van der Waals surface area contributed by atoms with E-state index in [0.717, 1.165) is 28.9 Å². The summed E-state index contributed by atoms with van der Waals surface area (Å²) in [6.07, 6.45) is 2.10. The monoisotopic (exact) mass is 259 g/mol. The molecule has 1 aromatic heterocycles. The molecule has 0 aliphatic heterocycles. The Labute approximate surface area is 107 Å². The summed E-state index contributed by atoms with van der Waals surface area (Å²) in [5.41, 5.74) is 0.225. The zero-order valence-corrected chi connectivity index (χ0v) is 12.2. The summed E-state index contributed by atoms with van der Waals surface area (Å²) in [6, 6.07) is 0. The van der Waals surface area contributed by atoms with Crippen molar-refractivity contribution in [3.05, 3.63) is 5.82 Å². The number of hydrogen-bond acceptors (Lipinski definition) is 5. The molecule has 16 heavy (non-hydrogen) atoms. The summed E-state index contributed by atoms with van der Waals surface area (Å²) in [5, 5.41) is 3.48. The molecule has 0 saturated heterocycles. The van der Waals surface area contributed by atoms with Crippen LogP contribution in [0.25, 0.3) is 0 Å². The van der Waals surface area contributed by atoms with E-state index in [1.807, 2.05) is 11.8 Å². The Morgan fingerprint density at radius 3 is 2.69 bits per heavy atom. The van der Waals surface area contributed by atoms with Crippen LogP contribution in [0.5, 0.6) is 0 Å². The van der Waals surface area contributed by atoms with E-state index >= 15 is 0 Å². The summed E-state index contributed by atoms with van der Waals surface area (Å²) >= 11 is 3.33. The van der Waals surface area contributed by atoms with E-state index < -0.39 is 0 Å². The molecule has 1 N–H and O–H groups in total. The number of hydrogen-bond donors (Lipinski definition) is 1. The van der Waals surface area contributed by atoms with Gasteiger partial charge in [0.15, 0.2) is 4.34 Å². The maximum Gasteiger partial charge on any atom is 0.170 e. The number of aromatic nitrogens is 2. The third kappa shape index (κ3) is 5.82. The van der Waals surface area contributed by atoms with Crippen molar-refractivity contribution in [3.63, 3.8) is 0 Å². The zero-order valence-electron chi connectivity index (χ0n) is 10.5. The number of rotatable bonds is 6. The molecular formula is C11H21N3S2. The second-order valence-electron chi connectivity index (χ2n) is 4.71. The van der Waals surface area contributed by atoms with Crippen LogP contribution in [-0.4, -0.2) is 27.2 Å². The first-order chi connectivity index (χ1) is 7.51. The predicted octanol–water partition coefficient (Wildman–Crippen LogP) is 2.97.